The van der Waals surface area contributed by atoms with Gasteiger partial charge < -0.3 is 11.1 Å². The van der Waals surface area contributed by atoms with Crippen molar-refractivity contribution in [1.29, 1.82) is 0 Å². The zero-order valence-electron chi connectivity index (χ0n) is 11.7. The summed E-state index contributed by atoms with van der Waals surface area (Å²) in [6, 6.07) is 0. The van der Waals surface area contributed by atoms with Crippen LogP contribution in [0.3, 0.4) is 0 Å². The first-order chi connectivity index (χ1) is 9.93. The fourth-order valence-electron chi connectivity index (χ4n) is 1.65. The molecular weight excluding hydrogens is 314 g/mol. The fraction of sp³-hybridized carbons (Fsp3) is 0.500. The Morgan fingerprint density at radius 2 is 2.24 bits per heavy atom. The van der Waals surface area contributed by atoms with Crippen LogP contribution in [0.1, 0.15) is 12.2 Å². The van der Waals surface area contributed by atoms with Crippen molar-refractivity contribution in [2.24, 2.45) is 0 Å². The van der Waals surface area contributed by atoms with Gasteiger partial charge in [0.25, 0.3) is 0 Å². The highest BCUT2D eigenvalue weighted by molar-refractivity contribution is 7.89. The molecule has 0 amide bonds. The normalized spacial score (nSPS) is 12.0. The third-order valence-electron chi connectivity index (χ3n) is 2.75. The standard InChI is InChI=1S/C10H17N7O2S2/c1-17(2)21(18,19)8-9(11)16-20-10(8)12-5-3-4-7-13-6-14-15-7/h6,12H,3-5H2,1-2H3,(H2,11,16)(H,13,14,15). The van der Waals surface area contributed by atoms with Crippen LogP contribution in [0, 0.1) is 0 Å². The van der Waals surface area contributed by atoms with E-state index in [4.69, 9.17) is 5.73 Å². The Kier molecular flexibility index (Phi) is 4.75. The van der Waals surface area contributed by atoms with Crippen LogP contribution in [0.4, 0.5) is 10.8 Å². The van der Waals surface area contributed by atoms with E-state index in [9.17, 15) is 8.42 Å². The summed E-state index contributed by atoms with van der Waals surface area (Å²) in [4.78, 5) is 4.06. The van der Waals surface area contributed by atoms with Gasteiger partial charge in [-0.1, -0.05) is 0 Å². The minimum absolute atomic E-state index is 0.0198. The number of anilines is 2. The van der Waals surface area contributed by atoms with Gasteiger partial charge in [0.1, 0.15) is 17.2 Å². The Labute approximate surface area is 126 Å². The Hall–Kier alpha value is -1.72. The second kappa shape index (κ2) is 6.37. The first-order valence-corrected chi connectivity index (χ1v) is 8.40. The Balaban J connectivity index is 2.01. The average Bonchev–Trinajstić information content (AvgIpc) is 3.04. The van der Waals surface area contributed by atoms with E-state index >= 15 is 0 Å². The second-order valence-corrected chi connectivity index (χ2v) is 7.34. The van der Waals surface area contributed by atoms with E-state index in [1.54, 1.807) is 0 Å². The molecule has 0 saturated carbocycles. The van der Waals surface area contributed by atoms with Crippen molar-refractivity contribution in [3.05, 3.63) is 12.2 Å². The second-order valence-electron chi connectivity index (χ2n) is 4.48. The van der Waals surface area contributed by atoms with Gasteiger partial charge in [-0.25, -0.2) is 17.7 Å². The van der Waals surface area contributed by atoms with Gasteiger partial charge >= 0.3 is 0 Å². The number of H-pyrrole nitrogens is 1. The molecule has 2 aromatic heterocycles. The Bertz CT molecular complexity index is 678. The van der Waals surface area contributed by atoms with E-state index in [2.05, 4.69) is 24.9 Å². The lowest BCUT2D eigenvalue weighted by Gasteiger charge is -2.12. The number of nitrogen functional groups attached to an aromatic ring is 1. The quantitative estimate of drug-likeness (QED) is 0.615. The smallest absolute Gasteiger partial charge is 0.249 e. The van der Waals surface area contributed by atoms with Crippen LogP contribution in [0.2, 0.25) is 0 Å². The number of nitrogens with zero attached hydrogens (tertiary/aromatic N) is 4. The van der Waals surface area contributed by atoms with E-state index in [1.807, 2.05) is 0 Å². The van der Waals surface area contributed by atoms with E-state index in [-0.39, 0.29) is 10.7 Å². The van der Waals surface area contributed by atoms with Gasteiger partial charge in [-0.3, -0.25) is 5.10 Å². The lowest BCUT2D eigenvalue weighted by molar-refractivity contribution is 0.521. The van der Waals surface area contributed by atoms with Gasteiger partial charge in [0.15, 0.2) is 10.7 Å². The first kappa shape index (κ1) is 15.7. The fourth-order valence-corrected chi connectivity index (χ4v) is 3.75. The molecule has 2 aromatic rings. The SMILES string of the molecule is CN(C)S(=O)(=O)c1c(N)nsc1NCCCc1ncn[nH]1. The van der Waals surface area contributed by atoms with Crippen molar-refractivity contribution in [3.63, 3.8) is 0 Å². The molecule has 0 fully saturated rings. The molecule has 21 heavy (non-hydrogen) atoms. The molecule has 4 N–H and O–H groups in total. The summed E-state index contributed by atoms with van der Waals surface area (Å²) in [5, 5.41) is 10.1. The number of hydrogen-bond donors (Lipinski definition) is 3. The highest BCUT2D eigenvalue weighted by Gasteiger charge is 2.27. The third kappa shape index (κ3) is 3.49. The molecule has 0 unspecified atom stereocenters. The molecule has 9 nitrogen and oxygen atoms in total. The lowest BCUT2D eigenvalue weighted by atomic mass is 10.3. The van der Waals surface area contributed by atoms with Crippen molar-refractivity contribution in [3.8, 4) is 0 Å². The van der Waals surface area contributed by atoms with Crippen LogP contribution < -0.4 is 11.1 Å². The summed E-state index contributed by atoms with van der Waals surface area (Å²) in [6.07, 6.45) is 2.94. The summed E-state index contributed by atoms with van der Waals surface area (Å²) in [5.41, 5.74) is 5.68. The predicted molar refractivity (Wildman–Crippen MR) is 80.6 cm³/mol. The summed E-state index contributed by atoms with van der Waals surface area (Å²) >= 11 is 1.04. The number of aromatic nitrogens is 4. The number of nitrogens with two attached hydrogens (primary N) is 1. The van der Waals surface area contributed by atoms with E-state index in [1.165, 1.54) is 20.4 Å². The Morgan fingerprint density at radius 3 is 2.86 bits per heavy atom. The number of hydrogen-bond acceptors (Lipinski definition) is 8. The largest absolute Gasteiger partial charge is 0.382 e. The number of nitrogens with one attached hydrogen (secondary N) is 2. The monoisotopic (exact) mass is 331 g/mol. The van der Waals surface area contributed by atoms with Gasteiger partial charge in [0.05, 0.1) is 0 Å². The van der Waals surface area contributed by atoms with Crippen LogP contribution >= 0.6 is 11.5 Å². The molecule has 0 aliphatic heterocycles. The highest BCUT2D eigenvalue weighted by Crippen LogP contribution is 2.32. The zero-order chi connectivity index (χ0) is 15.5. The average molecular weight is 331 g/mol. The molecule has 2 heterocycles. The number of rotatable bonds is 7. The van der Waals surface area contributed by atoms with Gasteiger partial charge in [-0.2, -0.15) is 9.47 Å². The van der Waals surface area contributed by atoms with Crippen molar-refractivity contribution in [1.82, 2.24) is 23.9 Å². The van der Waals surface area contributed by atoms with E-state index in [0.29, 0.717) is 11.5 Å². The van der Waals surface area contributed by atoms with E-state index in [0.717, 1.165) is 34.5 Å². The van der Waals surface area contributed by atoms with Crippen LogP contribution in [0.25, 0.3) is 0 Å². The maximum Gasteiger partial charge on any atom is 0.249 e. The molecule has 0 spiro atoms. The summed E-state index contributed by atoms with van der Waals surface area (Å²) in [7, 11) is -0.693. The molecule has 0 saturated heterocycles. The summed E-state index contributed by atoms with van der Waals surface area (Å²) < 4.78 is 29.4. The molecule has 0 aliphatic carbocycles. The first-order valence-electron chi connectivity index (χ1n) is 6.18. The molecule has 0 atom stereocenters. The van der Waals surface area contributed by atoms with Crippen LogP contribution in [0.5, 0.6) is 0 Å². The molecule has 0 aliphatic rings. The molecule has 11 heteroatoms. The number of aryl methyl sites for hydroxylation is 1. The van der Waals surface area contributed by atoms with E-state index < -0.39 is 10.0 Å². The van der Waals surface area contributed by atoms with Gasteiger partial charge in [-0.15, -0.1) is 0 Å². The van der Waals surface area contributed by atoms with Crippen molar-refractivity contribution in [2.45, 2.75) is 17.7 Å². The van der Waals surface area contributed by atoms with Crippen molar-refractivity contribution in [2.75, 3.05) is 31.7 Å². The van der Waals surface area contributed by atoms with Gasteiger partial charge in [0.2, 0.25) is 10.0 Å². The minimum Gasteiger partial charge on any atom is -0.382 e. The number of aromatic amines is 1. The van der Waals surface area contributed by atoms with Crippen molar-refractivity contribution < 1.29 is 8.42 Å². The molecule has 116 valence electrons. The van der Waals surface area contributed by atoms with Gasteiger partial charge in [-0.05, 0) is 18.0 Å². The van der Waals surface area contributed by atoms with Crippen LogP contribution in [-0.2, 0) is 16.4 Å². The van der Waals surface area contributed by atoms with Gasteiger partial charge in [0, 0.05) is 27.1 Å². The lowest BCUT2D eigenvalue weighted by Crippen LogP contribution is -2.23. The summed E-state index contributed by atoms with van der Waals surface area (Å²) in [6.45, 7) is 0.582. The maximum atomic E-state index is 12.2. The van der Waals surface area contributed by atoms with Crippen molar-refractivity contribution >= 4 is 32.4 Å². The van der Waals surface area contributed by atoms with Crippen LogP contribution in [0.15, 0.2) is 11.2 Å². The Morgan fingerprint density at radius 1 is 1.48 bits per heavy atom. The third-order valence-corrected chi connectivity index (χ3v) is 5.59. The highest BCUT2D eigenvalue weighted by atomic mass is 32.2. The summed E-state index contributed by atoms with van der Waals surface area (Å²) in [5.74, 6) is 0.813. The predicted octanol–water partition coefficient (Wildman–Crippen LogP) is 0.138. The molecular formula is C10H17N7O2S2. The number of sulfonamides is 1. The molecule has 0 bridgehead atoms. The molecule has 2 rings (SSSR count). The van der Waals surface area contributed by atoms with Crippen LogP contribution in [-0.4, -0.2) is 52.9 Å². The maximum absolute atomic E-state index is 12.2. The molecule has 0 radical (unpaired) electrons. The topological polar surface area (TPSA) is 130 Å². The molecule has 0 aromatic carbocycles. The zero-order valence-corrected chi connectivity index (χ0v) is 13.3. The minimum atomic E-state index is -3.61.